The van der Waals surface area contributed by atoms with Crippen LogP contribution in [0.25, 0.3) is 0 Å². The second-order valence-corrected chi connectivity index (χ2v) is 6.37. The van der Waals surface area contributed by atoms with Gasteiger partial charge in [-0.15, -0.1) is 5.10 Å². The number of nitrogens with one attached hydrogen (secondary N) is 1. The first-order valence-electron chi connectivity index (χ1n) is 6.06. The zero-order valence-electron chi connectivity index (χ0n) is 11.4. The summed E-state index contributed by atoms with van der Waals surface area (Å²) < 4.78 is 2.34. The van der Waals surface area contributed by atoms with Crippen LogP contribution in [-0.4, -0.2) is 25.8 Å². The minimum absolute atomic E-state index is 0.00830. The first kappa shape index (κ1) is 15.6. The van der Waals surface area contributed by atoms with Crippen LogP contribution in [0.15, 0.2) is 42.7 Å². The number of hydrogen-bond acceptors (Lipinski definition) is 5. The highest BCUT2D eigenvalue weighted by atomic mass is 79.9. The van der Waals surface area contributed by atoms with Crippen molar-refractivity contribution < 1.29 is 5.21 Å². The van der Waals surface area contributed by atoms with Gasteiger partial charge in [0.15, 0.2) is 11.0 Å². The zero-order valence-corrected chi connectivity index (χ0v) is 13.8. The average Bonchev–Trinajstić information content (AvgIpc) is 2.81. The maximum absolute atomic E-state index is 11.7. The van der Waals surface area contributed by atoms with Crippen molar-refractivity contribution in [3.63, 3.8) is 0 Å². The summed E-state index contributed by atoms with van der Waals surface area (Å²) in [5.41, 5.74) is 5.90. The number of oxime groups is 1. The SMILES string of the molecule is CC(C)n1c(Sc2ccc(/C(N)=N/O)cc2Br)n[nH]c1=O. The van der Waals surface area contributed by atoms with Gasteiger partial charge in [0.2, 0.25) is 0 Å². The average molecular weight is 372 g/mol. The van der Waals surface area contributed by atoms with E-state index in [0.717, 1.165) is 9.37 Å². The Morgan fingerprint density at radius 1 is 1.57 bits per heavy atom. The molecule has 0 fully saturated rings. The summed E-state index contributed by atoms with van der Waals surface area (Å²) in [6.07, 6.45) is 0. The number of hydrogen-bond donors (Lipinski definition) is 3. The van der Waals surface area contributed by atoms with Crippen molar-refractivity contribution in [1.29, 1.82) is 0 Å². The van der Waals surface area contributed by atoms with E-state index in [0.29, 0.717) is 10.7 Å². The molecule has 0 unspecified atom stereocenters. The maximum atomic E-state index is 11.7. The Bertz CT molecular complexity index is 737. The summed E-state index contributed by atoms with van der Waals surface area (Å²) in [5, 5.41) is 18.7. The van der Waals surface area contributed by atoms with Crippen molar-refractivity contribution in [3.8, 4) is 0 Å². The van der Waals surface area contributed by atoms with E-state index in [-0.39, 0.29) is 17.6 Å². The number of nitrogens with two attached hydrogens (primary N) is 1. The Hall–Kier alpha value is -1.74. The van der Waals surface area contributed by atoms with Crippen molar-refractivity contribution in [2.24, 2.45) is 10.9 Å². The van der Waals surface area contributed by atoms with Crippen molar-refractivity contribution in [2.75, 3.05) is 0 Å². The summed E-state index contributed by atoms with van der Waals surface area (Å²) >= 11 is 4.78. The quantitative estimate of drug-likeness (QED) is 0.330. The van der Waals surface area contributed by atoms with Crippen LogP contribution in [0.5, 0.6) is 0 Å². The summed E-state index contributed by atoms with van der Waals surface area (Å²) in [6, 6.07) is 5.29. The van der Waals surface area contributed by atoms with Gasteiger partial charge in [0.05, 0.1) is 0 Å². The van der Waals surface area contributed by atoms with Crippen molar-refractivity contribution in [2.45, 2.75) is 29.9 Å². The van der Waals surface area contributed by atoms with Gasteiger partial charge < -0.3 is 10.9 Å². The lowest BCUT2D eigenvalue weighted by Crippen LogP contribution is -2.19. The number of benzene rings is 1. The van der Waals surface area contributed by atoms with E-state index in [1.54, 1.807) is 16.7 Å². The van der Waals surface area contributed by atoms with Crippen LogP contribution in [0, 0.1) is 0 Å². The van der Waals surface area contributed by atoms with Crippen molar-refractivity contribution >= 4 is 33.5 Å². The third-order valence-electron chi connectivity index (χ3n) is 2.73. The van der Waals surface area contributed by atoms with Gasteiger partial charge in [-0.05, 0) is 59.7 Å². The van der Waals surface area contributed by atoms with Gasteiger partial charge in [-0.3, -0.25) is 4.57 Å². The van der Waals surface area contributed by atoms with Crippen LogP contribution in [-0.2, 0) is 0 Å². The molecular weight excluding hydrogens is 358 g/mol. The second-order valence-electron chi connectivity index (χ2n) is 4.51. The molecule has 1 aromatic carbocycles. The molecule has 0 saturated carbocycles. The highest BCUT2D eigenvalue weighted by molar-refractivity contribution is 9.10. The number of aromatic amines is 1. The van der Waals surface area contributed by atoms with Crippen LogP contribution in [0.3, 0.4) is 0 Å². The monoisotopic (exact) mass is 371 g/mol. The molecule has 112 valence electrons. The number of aromatic nitrogens is 3. The van der Waals surface area contributed by atoms with Crippen LogP contribution < -0.4 is 11.4 Å². The number of H-pyrrole nitrogens is 1. The predicted molar refractivity (Wildman–Crippen MR) is 84.0 cm³/mol. The minimum Gasteiger partial charge on any atom is -0.409 e. The molecule has 0 bridgehead atoms. The summed E-state index contributed by atoms with van der Waals surface area (Å²) in [6.45, 7) is 3.83. The van der Waals surface area contributed by atoms with Gasteiger partial charge in [-0.1, -0.05) is 5.16 Å². The molecule has 2 aromatic rings. The molecule has 0 aliphatic heterocycles. The normalized spacial score (nSPS) is 12.1. The second kappa shape index (κ2) is 6.35. The van der Waals surface area contributed by atoms with E-state index >= 15 is 0 Å². The molecular formula is C12H14BrN5O2S. The molecule has 2 rings (SSSR count). The highest BCUT2D eigenvalue weighted by Crippen LogP contribution is 2.33. The van der Waals surface area contributed by atoms with Crippen LogP contribution in [0.4, 0.5) is 0 Å². The molecule has 0 radical (unpaired) electrons. The van der Waals surface area contributed by atoms with Crippen molar-refractivity contribution in [1.82, 2.24) is 14.8 Å². The molecule has 7 nitrogen and oxygen atoms in total. The smallest absolute Gasteiger partial charge is 0.344 e. The minimum atomic E-state index is -0.239. The molecule has 4 N–H and O–H groups in total. The lowest BCUT2D eigenvalue weighted by atomic mass is 10.2. The number of halogens is 1. The van der Waals surface area contributed by atoms with Crippen LogP contribution in [0.1, 0.15) is 25.5 Å². The first-order chi connectivity index (χ1) is 9.93. The summed E-state index contributed by atoms with van der Waals surface area (Å²) in [5.74, 6) is 0.0334. The lowest BCUT2D eigenvalue weighted by Gasteiger charge is -2.10. The van der Waals surface area contributed by atoms with Gasteiger partial charge in [0.1, 0.15) is 0 Å². The van der Waals surface area contributed by atoms with Gasteiger partial charge >= 0.3 is 5.69 Å². The summed E-state index contributed by atoms with van der Waals surface area (Å²) in [4.78, 5) is 12.6. The predicted octanol–water partition coefficient (Wildman–Crippen LogP) is 2.16. The lowest BCUT2D eigenvalue weighted by molar-refractivity contribution is 0.318. The Morgan fingerprint density at radius 2 is 2.29 bits per heavy atom. The molecule has 0 spiro atoms. The van der Waals surface area contributed by atoms with Crippen molar-refractivity contribution in [3.05, 3.63) is 38.7 Å². The molecule has 0 amide bonds. The number of amidine groups is 1. The van der Waals surface area contributed by atoms with E-state index in [9.17, 15) is 4.79 Å². The molecule has 1 aromatic heterocycles. The molecule has 21 heavy (non-hydrogen) atoms. The Labute approximate surface area is 133 Å². The van der Waals surface area contributed by atoms with E-state index in [1.807, 2.05) is 19.9 Å². The third-order valence-corrected chi connectivity index (χ3v) is 4.69. The fraction of sp³-hybridized carbons (Fsp3) is 0.250. The van der Waals surface area contributed by atoms with E-state index in [1.165, 1.54) is 11.8 Å². The van der Waals surface area contributed by atoms with Gasteiger partial charge in [0.25, 0.3) is 0 Å². The number of nitrogens with zero attached hydrogens (tertiary/aromatic N) is 3. The van der Waals surface area contributed by atoms with Crippen LogP contribution >= 0.6 is 27.7 Å². The van der Waals surface area contributed by atoms with Crippen LogP contribution in [0.2, 0.25) is 0 Å². The first-order valence-corrected chi connectivity index (χ1v) is 7.67. The third kappa shape index (κ3) is 3.30. The fourth-order valence-corrected chi connectivity index (χ4v) is 3.31. The van der Waals surface area contributed by atoms with Gasteiger partial charge in [-0.2, -0.15) is 0 Å². The Kier molecular flexibility index (Phi) is 4.73. The zero-order chi connectivity index (χ0) is 15.6. The highest BCUT2D eigenvalue weighted by Gasteiger charge is 2.14. The van der Waals surface area contributed by atoms with Gasteiger partial charge in [0, 0.05) is 21.0 Å². The standard InChI is InChI=1S/C12H14BrN5O2S/c1-6(2)18-11(19)15-16-12(18)21-9-4-3-7(5-8(9)13)10(14)17-20/h3-6,20H,1-2H3,(H2,14,17)(H,15,19). The molecule has 0 aliphatic carbocycles. The molecule has 0 atom stereocenters. The summed E-state index contributed by atoms with van der Waals surface area (Å²) in [7, 11) is 0. The molecule has 9 heteroatoms. The van der Waals surface area contributed by atoms with E-state index < -0.39 is 0 Å². The topological polar surface area (TPSA) is 109 Å². The fourth-order valence-electron chi connectivity index (χ4n) is 1.72. The maximum Gasteiger partial charge on any atom is 0.344 e. The van der Waals surface area contributed by atoms with E-state index in [2.05, 4.69) is 31.3 Å². The Morgan fingerprint density at radius 3 is 2.86 bits per heavy atom. The number of rotatable bonds is 4. The molecule has 0 saturated heterocycles. The molecule has 0 aliphatic rings. The Balaban J connectivity index is 2.35. The van der Waals surface area contributed by atoms with E-state index in [4.69, 9.17) is 10.9 Å². The van der Waals surface area contributed by atoms with Gasteiger partial charge in [-0.25, -0.2) is 9.89 Å². The molecule has 1 heterocycles. The largest absolute Gasteiger partial charge is 0.409 e.